The molecule has 0 saturated heterocycles. The molecule has 2 aromatic heterocycles. The third-order valence-electron chi connectivity index (χ3n) is 2.80. The maximum absolute atomic E-state index is 12.3. The van der Waals surface area contributed by atoms with Crippen LogP contribution in [-0.4, -0.2) is 20.9 Å². The van der Waals surface area contributed by atoms with E-state index in [1.165, 1.54) is 18.7 Å². The second-order valence-corrected chi connectivity index (χ2v) is 4.19. The Morgan fingerprint density at radius 3 is 2.70 bits per heavy atom. The molecule has 0 atom stereocenters. The number of amides is 1. The van der Waals surface area contributed by atoms with Crippen molar-refractivity contribution in [1.82, 2.24) is 15.0 Å². The highest BCUT2D eigenvalue weighted by atomic mass is 16.1. The minimum atomic E-state index is -0.273. The zero-order chi connectivity index (χ0) is 13.9. The van der Waals surface area contributed by atoms with Crippen molar-refractivity contribution in [3.8, 4) is 0 Å². The first kappa shape index (κ1) is 12.0. The molecule has 3 N–H and O–H groups in total. The van der Waals surface area contributed by atoms with Crippen molar-refractivity contribution < 1.29 is 4.79 Å². The van der Waals surface area contributed by atoms with Crippen LogP contribution in [0.1, 0.15) is 10.4 Å². The Hall–Kier alpha value is -3.02. The number of carbonyl (C=O) groups is 1. The van der Waals surface area contributed by atoms with Gasteiger partial charge in [-0.3, -0.25) is 4.79 Å². The van der Waals surface area contributed by atoms with Crippen molar-refractivity contribution in [3.63, 3.8) is 0 Å². The number of nitrogens with two attached hydrogens (primary N) is 1. The standard InChI is InChI=1S/C14H11N5O/c15-13-5-11(10-3-1-2-4-12(10)19-13)14(20)18-9-6-16-8-17-7-9/h1-8H,(H2,15,19)(H,18,20). The summed E-state index contributed by atoms with van der Waals surface area (Å²) >= 11 is 0. The van der Waals surface area contributed by atoms with E-state index in [-0.39, 0.29) is 5.91 Å². The number of fused-ring (bicyclic) bond motifs is 1. The highest BCUT2D eigenvalue weighted by Gasteiger charge is 2.12. The van der Waals surface area contributed by atoms with Gasteiger partial charge in [0.2, 0.25) is 0 Å². The van der Waals surface area contributed by atoms with Gasteiger partial charge in [0, 0.05) is 5.39 Å². The average molecular weight is 265 g/mol. The van der Waals surface area contributed by atoms with Gasteiger partial charge in [-0.05, 0) is 12.1 Å². The first-order valence-electron chi connectivity index (χ1n) is 5.95. The molecule has 3 aromatic rings. The average Bonchev–Trinajstić information content (AvgIpc) is 2.47. The van der Waals surface area contributed by atoms with Crippen molar-refractivity contribution in [2.24, 2.45) is 0 Å². The predicted octanol–water partition coefficient (Wildman–Crippen LogP) is 1.86. The third-order valence-corrected chi connectivity index (χ3v) is 2.80. The monoisotopic (exact) mass is 265 g/mol. The second-order valence-electron chi connectivity index (χ2n) is 4.19. The fourth-order valence-corrected chi connectivity index (χ4v) is 1.95. The molecule has 0 bridgehead atoms. The molecular weight excluding hydrogens is 254 g/mol. The van der Waals surface area contributed by atoms with Crippen molar-refractivity contribution >= 4 is 28.3 Å². The number of pyridine rings is 1. The summed E-state index contributed by atoms with van der Waals surface area (Å²) in [6.45, 7) is 0. The highest BCUT2D eigenvalue weighted by molar-refractivity contribution is 6.12. The number of hydrogen-bond acceptors (Lipinski definition) is 5. The van der Waals surface area contributed by atoms with E-state index in [1.807, 2.05) is 24.3 Å². The van der Waals surface area contributed by atoms with Crippen LogP contribution < -0.4 is 11.1 Å². The number of nitrogens with one attached hydrogen (secondary N) is 1. The first-order chi connectivity index (χ1) is 9.74. The van der Waals surface area contributed by atoms with E-state index >= 15 is 0 Å². The zero-order valence-electron chi connectivity index (χ0n) is 10.4. The Bertz CT molecular complexity index is 773. The van der Waals surface area contributed by atoms with Crippen molar-refractivity contribution in [2.75, 3.05) is 11.1 Å². The van der Waals surface area contributed by atoms with Crippen LogP contribution in [0.25, 0.3) is 10.9 Å². The number of hydrogen-bond donors (Lipinski definition) is 2. The van der Waals surface area contributed by atoms with E-state index in [4.69, 9.17) is 5.73 Å². The number of carbonyl (C=O) groups excluding carboxylic acids is 1. The normalized spacial score (nSPS) is 10.4. The SMILES string of the molecule is Nc1cc(C(=O)Nc2cncnc2)c2ccccc2n1. The van der Waals surface area contributed by atoms with E-state index in [0.29, 0.717) is 22.6 Å². The van der Waals surface area contributed by atoms with Crippen molar-refractivity contribution in [2.45, 2.75) is 0 Å². The smallest absolute Gasteiger partial charge is 0.256 e. The Morgan fingerprint density at radius 2 is 1.90 bits per heavy atom. The van der Waals surface area contributed by atoms with Crippen LogP contribution in [0.2, 0.25) is 0 Å². The van der Waals surface area contributed by atoms with Gasteiger partial charge in [0.15, 0.2) is 0 Å². The number of para-hydroxylation sites is 1. The van der Waals surface area contributed by atoms with Gasteiger partial charge in [0.1, 0.15) is 12.1 Å². The summed E-state index contributed by atoms with van der Waals surface area (Å²) in [6, 6.07) is 8.90. The molecule has 0 saturated carbocycles. The van der Waals surface area contributed by atoms with Gasteiger partial charge in [-0.2, -0.15) is 0 Å². The summed E-state index contributed by atoms with van der Waals surface area (Å²) < 4.78 is 0. The summed E-state index contributed by atoms with van der Waals surface area (Å²) in [4.78, 5) is 24.2. The Morgan fingerprint density at radius 1 is 1.15 bits per heavy atom. The van der Waals surface area contributed by atoms with Gasteiger partial charge in [-0.25, -0.2) is 15.0 Å². The van der Waals surface area contributed by atoms with Crippen LogP contribution in [-0.2, 0) is 0 Å². The van der Waals surface area contributed by atoms with Crippen LogP contribution in [0.4, 0.5) is 11.5 Å². The minimum absolute atomic E-state index is 0.273. The van der Waals surface area contributed by atoms with Crippen LogP contribution in [0, 0.1) is 0 Å². The van der Waals surface area contributed by atoms with E-state index < -0.39 is 0 Å². The van der Waals surface area contributed by atoms with Crippen molar-refractivity contribution in [3.05, 3.63) is 54.6 Å². The summed E-state index contributed by atoms with van der Waals surface area (Å²) in [5.74, 6) is 0.0308. The maximum Gasteiger partial charge on any atom is 0.256 e. The van der Waals surface area contributed by atoms with Gasteiger partial charge in [0.25, 0.3) is 5.91 Å². The van der Waals surface area contributed by atoms with Crippen LogP contribution in [0.3, 0.4) is 0 Å². The third kappa shape index (κ3) is 2.26. The second kappa shape index (κ2) is 4.93. The van der Waals surface area contributed by atoms with E-state index in [2.05, 4.69) is 20.3 Å². The number of anilines is 2. The molecule has 1 aromatic carbocycles. The van der Waals surface area contributed by atoms with Crippen LogP contribution in [0.15, 0.2) is 49.1 Å². The lowest BCUT2D eigenvalue weighted by atomic mass is 10.1. The molecule has 0 radical (unpaired) electrons. The zero-order valence-corrected chi connectivity index (χ0v) is 10.4. The predicted molar refractivity (Wildman–Crippen MR) is 76.1 cm³/mol. The van der Waals surface area contributed by atoms with Gasteiger partial charge in [-0.1, -0.05) is 18.2 Å². The van der Waals surface area contributed by atoms with Gasteiger partial charge in [-0.15, -0.1) is 0 Å². The Balaban J connectivity index is 2.03. The van der Waals surface area contributed by atoms with Crippen molar-refractivity contribution in [1.29, 1.82) is 0 Å². The lowest BCUT2D eigenvalue weighted by Crippen LogP contribution is -2.13. The lowest BCUT2D eigenvalue weighted by molar-refractivity contribution is 0.102. The molecule has 2 heterocycles. The lowest BCUT2D eigenvalue weighted by Gasteiger charge is -2.08. The molecule has 0 aliphatic rings. The molecule has 6 heteroatoms. The summed E-state index contributed by atoms with van der Waals surface area (Å²) in [5.41, 5.74) is 7.42. The molecule has 0 spiro atoms. The van der Waals surface area contributed by atoms with Gasteiger partial charge in [0.05, 0.1) is 29.2 Å². The molecule has 3 rings (SSSR count). The maximum atomic E-state index is 12.3. The molecule has 0 aliphatic carbocycles. The fourth-order valence-electron chi connectivity index (χ4n) is 1.95. The fraction of sp³-hybridized carbons (Fsp3) is 0. The largest absolute Gasteiger partial charge is 0.384 e. The Labute approximate surface area is 114 Å². The highest BCUT2D eigenvalue weighted by Crippen LogP contribution is 2.20. The quantitative estimate of drug-likeness (QED) is 0.737. The molecule has 98 valence electrons. The summed E-state index contributed by atoms with van der Waals surface area (Å²) in [7, 11) is 0. The van der Waals surface area contributed by atoms with E-state index in [9.17, 15) is 4.79 Å². The Kier molecular flexibility index (Phi) is 2.96. The first-order valence-corrected chi connectivity index (χ1v) is 5.95. The van der Waals surface area contributed by atoms with Gasteiger partial charge < -0.3 is 11.1 Å². The van der Waals surface area contributed by atoms with E-state index in [0.717, 1.165) is 5.39 Å². The summed E-state index contributed by atoms with van der Waals surface area (Å²) in [6.07, 6.45) is 4.45. The number of aromatic nitrogens is 3. The number of benzene rings is 1. The van der Waals surface area contributed by atoms with E-state index in [1.54, 1.807) is 6.07 Å². The number of rotatable bonds is 2. The molecule has 1 amide bonds. The van der Waals surface area contributed by atoms with Crippen LogP contribution in [0.5, 0.6) is 0 Å². The van der Waals surface area contributed by atoms with Crippen LogP contribution >= 0.6 is 0 Å². The summed E-state index contributed by atoms with van der Waals surface area (Å²) in [5, 5.41) is 3.48. The molecule has 20 heavy (non-hydrogen) atoms. The van der Waals surface area contributed by atoms with Gasteiger partial charge >= 0.3 is 0 Å². The molecular formula is C14H11N5O. The molecule has 0 aliphatic heterocycles. The minimum Gasteiger partial charge on any atom is -0.384 e. The molecule has 0 unspecified atom stereocenters. The number of nitrogen functional groups attached to an aromatic ring is 1. The topological polar surface area (TPSA) is 93.8 Å². The molecule has 6 nitrogen and oxygen atoms in total. The number of nitrogens with zero attached hydrogens (tertiary/aromatic N) is 3. The molecule has 0 fully saturated rings.